The predicted octanol–water partition coefficient (Wildman–Crippen LogP) is 4.62. The molecule has 0 bridgehead atoms. The molecular weight excluding hydrogens is 338 g/mol. The summed E-state index contributed by atoms with van der Waals surface area (Å²) in [6.07, 6.45) is 3.50. The predicted molar refractivity (Wildman–Crippen MR) is 105 cm³/mol. The second-order valence-corrected chi connectivity index (χ2v) is 5.95. The SMILES string of the molecule is COc1ccc(-c2ccc(-c3ccc(OC)cc3)n2-c2ncccn2)cc1. The van der Waals surface area contributed by atoms with Crippen molar-refractivity contribution in [2.45, 2.75) is 0 Å². The second-order valence-electron chi connectivity index (χ2n) is 5.95. The minimum atomic E-state index is 0.624. The van der Waals surface area contributed by atoms with Crippen LogP contribution in [0.15, 0.2) is 79.1 Å². The van der Waals surface area contributed by atoms with Crippen LogP contribution in [0.2, 0.25) is 0 Å². The van der Waals surface area contributed by atoms with Gasteiger partial charge in [-0.15, -0.1) is 0 Å². The van der Waals surface area contributed by atoms with Crippen LogP contribution >= 0.6 is 0 Å². The third-order valence-corrected chi connectivity index (χ3v) is 4.40. The minimum absolute atomic E-state index is 0.624. The van der Waals surface area contributed by atoms with E-state index in [1.54, 1.807) is 26.6 Å². The van der Waals surface area contributed by atoms with Gasteiger partial charge >= 0.3 is 0 Å². The molecule has 27 heavy (non-hydrogen) atoms. The van der Waals surface area contributed by atoms with Gasteiger partial charge in [0.25, 0.3) is 0 Å². The Balaban J connectivity index is 1.87. The first kappa shape index (κ1) is 16.8. The zero-order chi connectivity index (χ0) is 18.6. The van der Waals surface area contributed by atoms with Gasteiger partial charge in [0.15, 0.2) is 0 Å². The van der Waals surface area contributed by atoms with Gasteiger partial charge in [-0.25, -0.2) is 9.97 Å². The Morgan fingerprint density at radius 1 is 0.630 bits per heavy atom. The standard InChI is InChI=1S/C22H19N3O2/c1-26-18-8-4-16(5-9-18)20-12-13-21(17-6-10-19(27-2)11-7-17)25(20)22-23-14-3-15-24-22/h3-15H,1-2H3. The summed E-state index contributed by atoms with van der Waals surface area (Å²) in [5.74, 6) is 2.27. The molecule has 0 unspecified atom stereocenters. The van der Waals surface area contributed by atoms with Crippen molar-refractivity contribution >= 4 is 0 Å². The Bertz CT molecular complexity index is 959. The molecule has 0 spiro atoms. The highest BCUT2D eigenvalue weighted by Crippen LogP contribution is 2.32. The third kappa shape index (κ3) is 3.27. The Morgan fingerprint density at radius 2 is 1.07 bits per heavy atom. The van der Waals surface area contributed by atoms with Gasteiger partial charge in [0.2, 0.25) is 5.95 Å². The van der Waals surface area contributed by atoms with Crippen molar-refractivity contribution in [1.29, 1.82) is 0 Å². The van der Waals surface area contributed by atoms with Gasteiger partial charge in [-0.1, -0.05) is 0 Å². The minimum Gasteiger partial charge on any atom is -0.497 e. The van der Waals surface area contributed by atoms with Crippen LogP contribution in [-0.2, 0) is 0 Å². The number of aromatic nitrogens is 3. The van der Waals surface area contributed by atoms with Crippen LogP contribution in [0.1, 0.15) is 0 Å². The lowest BCUT2D eigenvalue weighted by atomic mass is 10.1. The Kier molecular flexibility index (Phi) is 4.58. The highest BCUT2D eigenvalue weighted by molar-refractivity contribution is 5.72. The van der Waals surface area contributed by atoms with Crippen LogP contribution in [0, 0.1) is 0 Å². The molecule has 134 valence electrons. The average molecular weight is 357 g/mol. The topological polar surface area (TPSA) is 49.2 Å². The van der Waals surface area contributed by atoms with Crippen LogP contribution in [0.4, 0.5) is 0 Å². The molecule has 5 heteroatoms. The summed E-state index contributed by atoms with van der Waals surface area (Å²) < 4.78 is 12.6. The summed E-state index contributed by atoms with van der Waals surface area (Å²) >= 11 is 0. The number of hydrogen-bond donors (Lipinski definition) is 0. The van der Waals surface area contributed by atoms with Crippen molar-refractivity contribution in [3.05, 3.63) is 79.1 Å². The molecule has 0 saturated carbocycles. The molecule has 0 radical (unpaired) electrons. The molecule has 0 aliphatic heterocycles. The smallest absolute Gasteiger partial charge is 0.234 e. The number of benzene rings is 2. The quantitative estimate of drug-likeness (QED) is 0.523. The van der Waals surface area contributed by atoms with E-state index in [0.717, 1.165) is 34.0 Å². The maximum absolute atomic E-state index is 5.27. The van der Waals surface area contributed by atoms with Crippen molar-refractivity contribution in [3.63, 3.8) is 0 Å². The molecule has 0 aliphatic rings. The van der Waals surface area contributed by atoms with E-state index in [-0.39, 0.29) is 0 Å². The molecule has 0 saturated heterocycles. The highest BCUT2D eigenvalue weighted by Gasteiger charge is 2.15. The molecule has 2 heterocycles. The van der Waals surface area contributed by atoms with Crippen molar-refractivity contribution in [2.24, 2.45) is 0 Å². The first-order valence-corrected chi connectivity index (χ1v) is 8.58. The molecule has 2 aromatic heterocycles. The normalized spacial score (nSPS) is 10.6. The molecular formula is C22H19N3O2. The van der Waals surface area contributed by atoms with Gasteiger partial charge in [-0.2, -0.15) is 0 Å². The number of hydrogen-bond acceptors (Lipinski definition) is 4. The van der Waals surface area contributed by atoms with Crippen LogP contribution in [0.3, 0.4) is 0 Å². The van der Waals surface area contributed by atoms with E-state index < -0.39 is 0 Å². The van der Waals surface area contributed by atoms with Crippen LogP contribution in [0.5, 0.6) is 11.5 Å². The van der Waals surface area contributed by atoms with Crippen molar-refractivity contribution in [2.75, 3.05) is 14.2 Å². The Morgan fingerprint density at radius 3 is 1.48 bits per heavy atom. The van der Waals surface area contributed by atoms with Crippen molar-refractivity contribution < 1.29 is 9.47 Å². The highest BCUT2D eigenvalue weighted by atomic mass is 16.5. The average Bonchev–Trinajstić information content (AvgIpc) is 3.19. The van der Waals surface area contributed by atoms with Gasteiger partial charge in [0.05, 0.1) is 25.6 Å². The van der Waals surface area contributed by atoms with Crippen LogP contribution in [0.25, 0.3) is 28.5 Å². The summed E-state index contributed by atoms with van der Waals surface area (Å²) in [5, 5.41) is 0. The Labute approximate surface area is 157 Å². The number of methoxy groups -OCH3 is 2. The fourth-order valence-electron chi connectivity index (χ4n) is 3.03. The van der Waals surface area contributed by atoms with E-state index in [1.807, 2.05) is 54.6 Å². The summed E-state index contributed by atoms with van der Waals surface area (Å²) in [6.45, 7) is 0. The Hall–Kier alpha value is -3.60. The summed E-state index contributed by atoms with van der Waals surface area (Å²) in [7, 11) is 3.33. The summed E-state index contributed by atoms with van der Waals surface area (Å²) in [5.41, 5.74) is 4.13. The zero-order valence-corrected chi connectivity index (χ0v) is 15.2. The number of rotatable bonds is 5. The fourth-order valence-corrected chi connectivity index (χ4v) is 3.03. The maximum atomic E-state index is 5.27. The van der Waals surface area contributed by atoms with Gasteiger partial charge in [-0.05, 0) is 77.9 Å². The van der Waals surface area contributed by atoms with Crippen LogP contribution < -0.4 is 9.47 Å². The van der Waals surface area contributed by atoms with E-state index in [0.29, 0.717) is 5.95 Å². The summed E-state index contributed by atoms with van der Waals surface area (Å²) in [6, 6.07) is 21.9. The number of nitrogens with zero attached hydrogens (tertiary/aromatic N) is 3. The molecule has 0 atom stereocenters. The van der Waals surface area contributed by atoms with E-state index in [1.165, 1.54) is 0 Å². The molecule has 0 aliphatic carbocycles. The molecule has 4 rings (SSSR count). The van der Waals surface area contributed by atoms with E-state index in [2.05, 4.69) is 26.7 Å². The van der Waals surface area contributed by atoms with Crippen molar-refractivity contribution in [3.8, 4) is 40.0 Å². The first-order valence-electron chi connectivity index (χ1n) is 8.58. The monoisotopic (exact) mass is 357 g/mol. The summed E-state index contributed by atoms with van der Waals surface area (Å²) in [4.78, 5) is 8.93. The lowest BCUT2D eigenvalue weighted by Crippen LogP contribution is -2.04. The molecule has 0 amide bonds. The second kappa shape index (κ2) is 7.33. The zero-order valence-electron chi connectivity index (χ0n) is 15.2. The molecule has 2 aromatic carbocycles. The largest absolute Gasteiger partial charge is 0.497 e. The van der Waals surface area contributed by atoms with E-state index in [9.17, 15) is 0 Å². The van der Waals surface area contributed by atoms with E-state index in [4.69, 9.17) is 9.47 Å². The maximum Gasteiger partial charge on any atom is 0.234 e. The number of ether oxygens (including phenoxy) is 2. The first-order chi connectivity index (χ1) is 13.3. The lowest BCUT2D eigenvalue weighted by Gasteiger charge is -2.13. The van der Waals surface area contributed by atoms with Gasteiger partial charge in [0, 0.05) is 12.4 Å². The van der Waals surface area contributed by atoms with Gasteiger partial charge < -0.3 is 9.47 Å². The molecule has 0 N–H and O–H groups in total. The van der Waals surface area contributed by atoms with E-state index >= 15 is 0 Å². The molecule has 5 nitrogen and oxygen atoms in total. The third-order valence-electron chi connectivity index (χ3n) is 4.40. The van der Waals surface area contributed by atoms with Crippen LogP contribution in [-0.4, -0.2) is 28.8 Å². The lowest BCUT2D eigenvalue weighted by molar-refractivity contribution is 0.415. The molecule has 0 fully saturated rings. The van der Waals surface area contributed by atoms with Gasteiger partial charge in [0.1, 0.15) is 11.5 Å². The van der Waals surface area contributed by atoms with Crippen molar-refractivity contribution in [1.82, 2.24) is 14.5 Å². The molecule has 4 aromatic rings. The fraction of sp³-hybridized carbons (Fsp3) is 0.0909. The van der Waals surface area contributed by atoms with Gasteiger partial charge in [-0.3, -0.25) is 4.57 Å².